The topological polar surface area (TPSA) is 9.23 Å². The zero-order valence-electron chi connectivity index (χ0n) is 13.4. The average molecular weight is 270 g/mol. The summed E-state index contributed by atoms with van der Waals surface area (Å²) in [5.41, 5.74) is 6.68. The Hall–Kier alpha value is -1.50. The molecule has 1 heteroatoms. The fraction of sp³-hybridized carbons (Fsp3) is 0.474. The molecule has 2 atom stereocenters. The lowest BCUT2D eigenvalue weighted by Crippen LogP contribution is -2.18. The highest BCUT2D eigenvalue weighted by molar-refractivity contribution is 5.48. The Morgan fingerprint density at radius 2 is 1.95 bits per heavy atom. The van der Waals surface area contributed by atoms with Crippen molar-refractivity contribution in [2.45, 2.75) is 46.5 Å². The van der Waals surface area contributed by atoms with Crippen molar-refractivity contribution >= 4 is 0 Å². The summed E-state index contributed by atoms with van der Waals surface area (Å²) >= 11 is 0. The molecule has 1 aliphatic rings. The minimum atomic E-state index is 0.400. The first-order chi connectivity index (χ1) is 9.43. The van der Waals surface area contributed by atoms with E-state index in [0.717, 1.165) is 5.75 Å². The molecule has 0 fully saturated rings. The third-order valence-corrected chi connectivity index (χ3v) is 4.43. The first-order valence-electron chi connectivity index (χ1n) is 7.42. The van der Waals surface area contributed by atoms with E-state index >= 15 is 0 Å². The van der Waals surface area contributed by atoms with Crippen molar-refractivity contribution in [1.29, 1.82) is 0 Å². The average Bonchev–Trinajstić information content (AvgIpc) is 2.37. The molecule has 0 aromatic heterocycles. The molecular formula is C19H26O. The van der Waals surface area contributed by atoms with Crippen LogP contribution >= 0.6 is 0 Å². The molecule has 1 aromatic rings. The second-order valence-corrected chi connectivity index (χ2v) is 6.23. The van der Waals surface area contributed by atoms with Crippen molar-refractivity contribution in [3.63, 3.8) is 0 Å². The van der Waals surface area contributed by atoms with Gasteiger partial charge < -0.3 is 4.74 Å². The molecule has 0 bridgehead atoms. The summed E-state index contributed by atoms with van der Waals surface area (Å²) in [5, 5.41) is 0. The van der Waals surface area contributed by atoms with Crippen LogP contribution in [-0.4, -0.2) is 7.11 Å². The fourth-order valence-electron chi connectivity index (χ4n) is 3.44. The Kier molecular flexibility index (Phi) is 4.37. The van der Waals surface area contributed by atoms with Crippen LogP contribution in [0, 0.1) is 19.8 Å². The lowest BCUT2D eigenvalue weighted by molar-refractivity contribution is 0.395. The van der Waals surface area contributed by atoms with E-state index in [1.165, 1.54) is 40.7 Å². The molecule has 0 saturated carbocycles. The molecule has 0 heterocycles. The number of hydrogen-bond donors (Lipinski definition) is 0. The lowest BCUT2D eigenvalue weighted by Gasteiger charge is -2.32. The van der Waals surface area contributed by atoms with Crippen molar-refractivity contribution in [3.05, 3.63) is 52.6 Å². The van der Waals surface area contributed by atoms with Crippen LogP contribution in [0.5, 0.6) is 5.75 Å². The zero-order chi connectivity index (χ0) is 14.9. The molecule has 1 nitrogen and oxygen atoms in total. The molecule has 0 radical (unpaired) electrons. The summed E-state index contributed by atoms with van der Waals surface area (Å²) in [7, 11) is 1.77. The van der Waals surface area contributed by atoms with Crippen molar-refractivity contribution in [3.8, 4) is 5.75 Å². The van der Waals surface area contributed by atoms with Crippen LogP contribution in [0.2, 0.25) is 0 Å². The Bertz CT molecular complexity index is 551. The minimum Gasteiger partial charge on any atom is -0.496 e. The number of methoxy groups -OCH3 is 1. The second kappa shape index (κ2) is 5.87. The monoisotopic (exact) mass is 270 g/mol. The van der Waals surface area contributed by atoms with E-state index in [0.29, 0.717) is 11.8 Å². The number of allylic oxidation sites excluding steroid dienone is 3. The first-order valence-corrected chi connectivity index (χ1v) is 7.42. The molecule has 2 rings (SSSR count). The quantitative estimate of drug-likeness (QED) is 0.675. The Labute approximate surface area is 123 Å². The highest BCUT2D eigenvalue weighted by Gasteiger charge is 2.29. The van der Waals surface area contributed by atoms with E-state index < -0.39 is 0 Å². The number of benzene rings is 1. The summed E-state index contributed by atoms with van der Waals surface area (Å²) in [6.45, 7) is 12.9. The van der Waals surface area contributed by atoms with Gasteiger partial charge in [-0.2, -0.15) is 0 Å². The molecule has 1 aliphatic carbocycles. The van der Waals surface area contributed by atoms with Gasteiger partial charge in [-0.25, -0.2) is 0 Å². The van der Waals surface area contributed by atoms with Crippen LogP contribution in [0.1, 0.15) is 49.3 Å². The van der Waals surface area contributed by atoms with Crippen LogP contribution in [0.25, 0.3) is 0 Å². The third-order valence-electron chi connectivity index (χ3n) is 4.43. The smallest absolute Gasteiger partial charge is 0.123 e. The summed E-state index contributed by atoms with van der Waals surface area (Å²) in [5.74, 6) is 1.94. The van der Waals surface area contributed by atoms with Gasteiger partial charge in [0.05, 0.1) is 7.11 Å². The van der Waals surface area contributed by atoms with Gasteiger partial charge in [0, 0.05) is 11.5 Å². The first kappa shape index (κ1) is 14.9. The minimum absolute atomic E-state index is 0.400. The highest BCUT2D eigenvalue weighted by atomic mass is 16.5. The normalized spacial score (nSPS) is 22.4. The highest BCUT2D eigenvalue weighted by Crippen LogP contribution is 2.44. The van der Waals surface area contributed by atoms with Gasteiger partial charge in [-0.15, -0.1) is 0 Å². The van der Waals surface area contributed by atoms with Crippen molar-refractivity contribution in [2.24, 2.45) is 5.92 Å². The van der Waals surface area contributed by atoms with E-state index in [1.54, 1.807) is 7.11 Å². The van der Waals surface area contributed by atoms with E-state index in [2.05, 4.69) is 52.5 Å². The summed E-state index contributed by atoms with van der Waals surface area (Å²) < 4.78 is 5.66. The molecule has 0 aliphatic heterocycles. The number of aryl methyl sites for hydroxylation is 2. The molecule has 1 aromatic carbocycles. The summed E-state index contributed by atoms with van der Waals surface area (Å²) in [6, 6.07) is 4.40. The predicted molar refractivity (Wildman–Crippen MR) is 86.5 cm³/mol. The Morgan fingerprint density at radius 1 is 1.25 bits per heavy atom. The van der Waals surface area contributed by atoms with Gasteiger partial charge in [-0.1, -0.05) is 29.9 Å². The van der Waals surface area contributed by atoms with Gasteiger partial charge in [-0.05, 0) is 63.6 Å². The number of ether oxygens (including phenoxy) is 1. The van der Waals surface area contributed by atoms with Crippen LogP contribution < -0.4 is 4.74 Å². The maximum atomic E-state index is 5.66. The molecule has 108 valence electrons. The van der Waals surface area contributed by atoms with E-state index in [-0.39, 0.29) is 0 Å². The largest absolute Gasteiger partial charge is 0.496 e. The molecule has 0 N–H and O–H groups in total. The SMILES string of the molecule is C=C(C)C1CCC(C)=CC1c1c(C)cc(C)cc1OC. The van der Waals surface area contributed by atoms with Gasteiger partial charge in [0.2, 0.25) is 0 Å². The van der Waals surface area contributed by atoms with E-state index in [1.807, 2.05) is 0 Å². The van der Waals surface area contributed by atoms with Gasteiger partial charge in [0.1, 0.15) is 5.75 Å². The lowest BCUT2D eigenvalue weighted by atomic mass is 9.73. The third kappa shape index (κ3) is 2.82. The molecule has 0 spiro atoms. The fourth-order valence-corrected chi connectivity index (χ4v) is 3.44. The van der Waals surface area contributed by atoms with Crippen LogP contribution in [0.3, 0.4) is 0 Å². The maximum absolute atomic E-state index is 5.66. The van der Waals surface area contributed by atoms with Gasteiger partial charge in [-0.3, -0.25) is 0 Å². The molecule has 0 amide bonds. The van der Waals surface area contributed by atoms with Crippen molar-refractivity contribution in [1.82, 2.24) is 0 Å². The van der Waals surface area contributed by atoms with Gasteiger partial charge in [0.15, 0.2) is 0 Å². The van der Waals surface area contributed by atoms with Crippen molar-refractivity contribution in [2.75, 3.05) is 7.11 Å². The van der Waals surface area contributed by atoms with Crippen LogP contribution in [0.4, 0.5) is 0 Å². The molecular weight excluding hydrogens is 244 g/mol. The molecule has 20 heavy (non-hydrogen) atoms. The Balaban J connectivity index is 2.57. The maximum Gasteiger partial charge on any atom is 0.123 e. The predicted octanol–water partition coefficient (Wildman–Crippen LogP) is 5.33. The zero-order valence-corrected chi connectivity index (χ0v) is 13.4. The second-order valence-electron chi connectivity index (χ2n) is 6.23. The van der Waals surface area contributed by atoms with Crippen LogP contribution in [-0.2, 0) is 0 Å². The Morgan fingerprint density at radius 3 is 2.55 bits per heavy atom. The van der Waals surface area contributed by atoms with E-state index in [4.69, 9.17) is 4.74 Å². The number of hydrogen-bond acceptors (Lipinski definition) is 1. The molecule has 2 unspecified atom stereocenters. The molecule has 0 saturated heterocycles. The standard InChI is InChI=1S/C19H26O/c1-12(2)16-8-7-13(3)10-17(16)19-15(5)9-14(4)11-18(19)20-6/h9-11,16-17H,1,7-8H2,2-6H3. The summed E-state index contributed by atoms with van der Waals surface area (Å²) in [6.07, 6.45) is 4.79. The van der Waals surface area contributed by atoms with E-state index in [9.17, 15) is 0 Å². The van der Waals surface area contributed by atoms with Crippen LogP contribution in [0.15, 0.2) is 35.9 Å². The van der Waals surface area contributed by atoms with Gasteiger partial charge in [0.25, 0.3) is 0 Å². The van der Waals surface area contributed by atoms with Crippen molar-refractivity contribution < 1.29 is 4.74 Å². The van der Waals surface area contributed by atoms with Gasteiger partial charge >= 0.3 is 0 Å². The summed E-state index contributed by atoms with van der Waals surface area (Å²) in [4.78, 5) is 0. The number of rotatable bonds is 3.